The molecule has 316 valence electrons. The van der Waals surface area contributed by atoms with Crippen LogP contribution in [0.15, 0.2) is 53.9 Å². The van der Waals surface area contributed by atoms with Gasteiger partial charge in [0, 0.05) is 17.9 Å². The van der Waals surface area contributed by atoms with Crippen molar-refractivity contribution in [3.05, 3.63) is 64.9 Å². The highest BCUT2D eigenvalue weighted by Crippen LogP contribution is 2.48. The highest BCUT2D eigenvalue weighted by molar-refractivity contribution is 7.52. The molecule has 1 saturated heterocycles. The fraction of sp³-hybridized carbons (Fsp3) is 0.615. The minimum Gasteiger partial charge on any atom is -0.464 e. The number of hydrogen-bond donors (Lipinski definition) is 3. The molecular formula is C39H56N9O9P. The molecule has 0 spiro atoms. The number of fused-ring (bicyclic) bond motifs is 1. The van der Waals surface area contributed by atoms with Crippen molar-refractivity contribution >= 4 is 31.0 Å². The number of benzene rings is 1. The van der Waals surface area contributed by atoms with E-state index in [0.29, 0.717) is 18.5 Å². The minimum atomic E-state index is -4.42. The van der Waals surface area contributed by atoms with Crippen LogP contribution in [-0.2, 0) is 38.5 Å². The molecule has 1 aliphatic rings. The Morgan fingerprint density at radius 3 is 2.43 bits per heavy atom. The van der Waals surface area contributed by atoms with E-state index in [4.69, 9.17) is 34.5 Å². The molecule has 4 N–H and O–H groups in total. The number of aliphatic hydroxyl groups is 1. The van der Waals surface area contributed by atoms with Crippen LogP contribution in [0.3, 0.4) is 0 Å². The summed E-state index contributed by atoms with van der Waals surface area (Å²) in [4.78, 5) is 33.1. The Morgan fingerprint density at radius 2 is 1.78 bits per heavy atom. The van der Waals surface area contributed by atoms with Gasteiger partial charge in [0.25, 0.3) is 0 Å². The number of carbonyl (C=O) groups excluding carboxylic acids is 2. The number of aromatic nitrogens is 3. The maximum Gasteiger partial charge on any atom is 0.459 e. The molecule has 0 radical (unpaired) electrons. The summed E-state index contributed by atoms with van der Waals surface area (Å²) in [6, 6.07) is 12.2. The van der Waals surface area contributed by atoms with E-state index in [9.17, 15) is 24.5 Å². The van der Waals surface area contributed by atoms with Gasteiger partial charge in [0.2, 0.25) is 5.60 Å². The maximum absolute atomic E-state index is 14.3. The first-order valence-corrected chi connectivity index (χ1v) is 21.5. The van der Waals surface area contributed by atoms with E-state index in [1.165, 1.54) is 23.8 Å². The molecule has 0 aliphatic carbocycles. The van der Waals surface area contributed by atoms with E-state index in [2.05, 4.69) is 31.3 Å². The lowest BCUT2D eigenvalue weighted by Gasteiger charge is -2.27. The first kappa shape index (κ1) is 45.9. The molecule has 0 saturated carbocycles. The topological polar surface area (TPSA) is 258 Å². The molecule has 0 bridgehead atoms. The van der Waals surface area contributed by atoms with Crippen molar-refractivity contribution in [1.29, 1.82) is 5.26 Å². The monoisotopic (exact) mass is 825 g/mol. The molecular weight excluding hydrogens is 769 g/mol. The Kier molecular flexibility index (Phi) is 18.2. The largest absolute Gasteiger partial charge is 0.464 e. The zero-order valence-electron chi connectivity index (χ0n) is 33.5. The standard InChI is InChI=1S/C39H56N9O9P/c1-4-29(5-2)24-53-38(51)28(3)46-58(52,57-30-18-14-13-15-19-30)54-25-32-35(50)36(39(26-40,56-32)33-22-21-31-37(41)43-27-45-48(31)33)55-34(49)20-16-11-9-7-6-8-10-12-17-23-44-47-42/h13-15,18-19,21-22,27-29,32,35-36,50H,4-12,16-17,20,23-25H2,1-3H3,(H,46,52)(H2,41,43,45)/t28-,32-,35-,36-,39+,58?/m1/s1. The average Bonchev–Trinajstić information content (AvgIpc) is 3.78. The molecule has 6 atom stereocenters. The Morgan fingerprint density at radius 1 is 1.10 bits per heavy atom. The van der Waals surface area contributed by atoms with Gasteiger partial charge in [-0.1, -0.05) is 94.9 Å². The second-order valence-electron chi connectivity index (χ2n) is 14.3. The van der Waals surface area contributed by atoms with E-state index in [1.807, 2.05) is 13.8 Å². The van der Waals surface area contributed by atoms with Crippen molar-refractivity contribution < 1.29 is 42.5 Å². The van der Waals surface area contributed by atoms with Crippen molar-refractivity contribution in [3.63, 3.8) is 0 Å². The van der Waals surface area contributed by atoms with Gasteiger partial charge in [-0.2, -0.15) is 15.4 Å². The molecule has 3 heterocycles. The van der Waals surface area contributed by atoms with E-state index >= 15 is 0 Å². The SMILES string of the molecule is CCC(CC)COC(=O)[C@@H](C)NP(=O)(OC[C@H]1O[C@@](C#N)(c2ccc3c(N)ncnn23)[C@H](OC(=O)CCCCCCCCCCCN=[N+]=[N-])[C@@H]1O)Oc1ccccc1. The van der Waals surface area contributed by atoms with E-state index in [0.717, 1.165) is 64.2 Å². The number of nitrogens with one attached hydrogen (secondary N) is 1. The van der Waals surface area contributed by atoms with Crippen molar-refractivity contribution in [2.24, 2.45) is 11.0 Å². The van der Waals surface area contributed by atoms with Crippen LogP contribution in [-0.4, -0.2) is 75.8 Å². The molecule has 18 nitrogen and oxygen atoms in total. The molecule has 1 aromatic carbocycles. The second kappa shape index (κ2) is 23.0. The van der Waals surface area contributed by atoms with Crippen molar-refractivity contribution in [1.82, 2.24) is 19.7 Å². The van der Waals surface area contributed by atoms with Crippen molar-refractivity contribution in [2.75, 3.05) is 25.5 Å². The highest BCUT2D eigenvalue weighted by Gasteiger charge is 2.60. The number of esters is 2. The number of carbonyl (C=O) groups is 2. The van der Waals surface area contributed by atoms with Crippen LogP contribution >= 0.6 is 7.75 Å². The van der Waals surface area contributed by atoms with Gasteiger partial charge in [-0.15, -0.1) is 0 Å². The predicted octanol–water partition coefficient (Wildman–Crippen LogP) is 7.07. The summed E-state index contributed by atoms with van der Waals surface area (Å²) in [7, 11) is -4.42. The third-order valence-electron chi connectivity index (χ3n) is 10.1. The molecule has 19 heteroatoms. The lowest BCUT2D eigenvalue weighted by molar-refractivity contribution is -0.160. The first-order valence-electron chi connectivity index (χ1n) is 20.0. The maximum atomic E-state index is 14.3. The Bertz CT molecular complexity index is 1900. The number of nitrogens with two attached hydrogens (primary N) is 1. The first-order chi connectivity index (χ1) is 28.0. The lowest BCUT2D eigenvalue weighted by Crippen LogP contribution is -2.44. The number of rotatable bonds is 26. The molecule has 4 rings (SSSR count). The molecule has 1 fully saturated rings. The van der Waals surface area contributed by atoms with Gasteiger partial charge in [0.05, 0.1) is 18.9 Å². The fourth-order valence-corrected chi connectivity index (χ4v) is 8.14. The van der Waals surface area contributed by atoms with Crippen LogP contribution in [0.1, 0.15) is 104 Å². The van der Waals surface area contributed by atoms with Crippen LogP contribution in [0.5, 0.6) is 5.75 Å². The smallest absolute Gasteiger partial charge is 0.459 e. The van der Waals surface area contributed by atoms with Gasteiger partial charge in [-0.25, -0.2) is 14.1 Å². The number of nitrogen functional groups attached to an aromatic ring is 1. The zero-order chi connectivity index (χ0) is 42.0. The van der Waals surface area contributed by atoms with E-state index < -0.39 is 56.2 Å². The number of aliphatic hydroxyl groups excluding tert-OH is 1. The second-order valence-corrected chi connectivity index (χ2v) is 16.0. The predicted molar refractivity (Wildman–Crippen MR) is 214 cm³/mol. The van der Waals surface area contributed by atoms with Crippen molar-refractivity contribution in [3.8, 4) is 11.8 Å². The van der Waals surface area contributed by atoms with Gasteiger partial charge in [-0.3, -0.25) is 14.1 Å². The summed E-state index contributed by atoms with van der Waals surface area (Å²) in [5.74, 6) is -0.874. The summed E-state index contributed by atoms with van der Waals surface area (Å²) < 4.78 is 44.9. The molecule has 3 aromatic rings. The number of hydrogen-bond acceptors (Lipinski definition) is 14. The quantitative estimate of drug-likeness (QED) is 0.0183. The van der Waals surface area contributed by atoms with Crippen LogP contribution < -0.4 is 15.3 Å². The van der Waals surface area contributed by atoms with Crippen LogP contribution in [0.4, 0.5) is 5.82 Å². The Hall–Kier alpha value is -4.75. The number of nitriles is 1. The summed E-state index contributed by atoms with van der Waals surface area (Å²) >= 11 is 0. The number of unbranched alkanes of at least 4 members (excludes halogenated alkanes) is 8. The van der Waals surface area contributed by atoms with E-state index in [-0.39, 0.29) is 36.2 Å². The van der Waals surface area contributed by atoms with Gasteiger partial charge < -0.3 is 29.6 Å². The summed E-state index contributed by atoms with van der Waals surface area (Å²) in [6.07, 6.45) is 6.59. The van der Waals surface area contributed by atoms with Gasteiger partial charge in [-0.05, 0) is 55.5 Å². The van der Waals surface area contributed by atoms with Crippen LogP contribution in [0.2, 0.25) is 0 Å². The average molecular weight is 826 g/mol. The molecule has 1 unspecified atom stereocenters. The van der Waals surface area contributed by atoms with E-state index in [1.54, 1.807) is 36.4 Å². The van der Waals surface area contributed by atoms with Crippen LogP contribution in [0, 0.1) is 17.2 Å². The summed E-state index contributed by atoms with van der Waals surface area (Å²) in [5.41, 5.74) is 12.8. The third-order valence-corrected chi connectivity index (χ3v) is 11.8. The summed E-state index contributed by atoms with van der Waals surface area (Å²) in [5, 5.41) is 32.9. The number of nitrogens with zero attached hydrogens (tertiary/aromatic N) is 7. The minimum absolute atomic E-state index is 0.0324. The fourth-order valence-electron chi connectivity index (χ4n) is 6.64. The lowest BCUT2D eigenvalue weighted by atomic mass is 9.92. The van der Waals surface area contributed by atoms with Gasteiger partial charge in [0.15, 0.2) is 11.9 Å². The molecule has 0 amide bonds. The van der Waals surface area contributed by atoms with Crippen molar-refractivity contribution in [2.45, 2.75) is 128 Å². The normalized spacial score (nSPS) is 20.5. The third kappa shape index (κ3) is 12.6. The Balaban J connectivity index is 1.47. The number of anilines is 1. The number of para-hydroxylation sites is 1. The highest BCUT2D eigenvalue weighted by atomic mass is 31.2. The number of azide groups is 1. The molecule has 1 aliphatic heterocycles. The zero-order valence-corrected chi connectivity index (χ0v) is 34.4. The Labute approximate surface area is 338 Å². The van der Waals surface area contributed by atoms with Gasteiger partial charge >= 0.3 is 19.7 Å². The molecule has 2 aromatic heterocycles. The summed E-state index contributed by atoms with van der Waals surface area (Å²) in [6.45, 7) is 5.54. The number of ether oxygens (including phenoxy) is 3. The van der Waals surface area contributed by atoms with Gasteiger partial charge in [0.1, 0.15) is 41.9 Å². The van der Waals surface area contributed by atoms with Crippen LogP contribution in [0.25, 0.3) is 16.0 Å². The molecule has 58 heavy (non-hydrogen) atoms.